The molecule has 4 nitrogen and oxygen atoms in total. The fourth-order valence-electron chi connectivity index (χ4n) is 5.83. The van der Waals surface area contributed by atoms with Gasteiger partial charge in [-0.25, -0.2) is 0 Å². The lowest BCUT2D eigenvalue weighted by molar-refractivity contribution is -0.699. The van der Waals surface area contributed by atoms with Crippen LogP contribution in [0.1, 0.15) is 27.1 Å². The van der Waals surface area contributed by atoms with Crippen molar-refractivity contribution in [3.63, 3.8) is 0 Å². The third kappa shape index (κ3) is 5.98. The van der Waals surface area contributed by atoms with Crippen LogP contribution < -0.4 is 13.5 Å². The van der Waals surface area contributed by atoms with Crippen molar-refractivity contribution in [1.29, 1.82) is 0 Å². The SMILES string of the molecule is C[n+]1ccc(C(F)(F)F)cc1-c1cc(C(F)(F)F)cc[n+]1Cc1ccccc1-c1ccccc1Cc1c[n+]2c(oc3ccccc32)s1. The second-order valence-corrected chi connectivity index (χ2v) is 12.3. The summed E-state index contributed by atoms with van der Waals surface area (Å²) in [6.45, 7) is 0.113. The van der Waals surface area contributed by atoms with E-state index >= 15 is 0 Å². The van der Waals surface area contributed by atoms with Gasteiger partial charge in [-0.1, -0.05) is 60.7 Å². The number of aryl methyl sites for hydroxylation is 1. The van der Waals surface area contributed by atoms with Crippen LogP contribution in [0.5, 0.6) is 0 Å². The number of alkyl halides is 6. The van der Waals surface area contributed by atoms with Gasteiger partial charge in [-0.15, -0.1) is 4.40 Å². The van der Waals surface area contributed by atoms with Crippen molar-refractivity contribution in [1.82, 2.24) is 0 Å². The highest BCUT2D eigenvalue weighted by atomic mass is 32.1. The number of fused-ring (bicyclic) bond motifs is 3. The highest BCUT2D eigenvalue weighted by Crippen LogP contribution is 2.34. The number of aromatic nitrogens is 3. The Morgan fingerprint density at radius 1 is 0.681 bits per heavy atom. The Labute approximate surface area is 269 Å². The zero-order valence-corrected chi connectivity index (χ0v) is 25.6. The minimum atomic E-state index is -4.68. The topological polar surface area (TPSA) is 25.0 Å². The lowest BCUT2D eigenvalue weighted by Crippen LogP contribution is -2.42. The van der Waals surface area contributed by atoms with Crippen molar-refractivity contribution < 1.29 is 44.3 Å². The number of hydrogen-bond acceptors (Lipinski definition) is 2. The first kappa shape index (κ1) is 30.6. The van der Waals surface area contributed by atoms with E-state index in [1.807, 2.05) is 77.2 Å². The predicted molar refractivity (Wildman–Crippen MR) is 164 cm³/mol. The molecule has 0 bridgehead atoms. The number of thiazole rings is 1. The van der Waals surface area contributed by atoms with Crippen molar-refractivity contribution in [3.8, 4) is 22.5 Å². The van der Waals surface area contributed by atoms with Gasteiger partial charge in [-0.3, -0.25) is 0 Å². The van der Waals surface area contributed by atoms with Gasteiger partial charge in [0, 0.05) is 42.3 Å². The molecule has 4 heterocycles. The minimum absolute atomic E-state index is 0.00178. The first-order chi connectivity index (χ1) is 22.5. The lowest BCUT2D eigenvalue weighted by atomic mass is 9.93. The number of halogens is 6. The van der Waals surface area contributed by atoms with Crippen molar-refractivity contribution >= 4 is 27.5 Å². The number of para-hydroxylation sites is 2. The molecule has 0 aliphatic heterocycles. The van der Waals surface area contributed by atoms with Gasteiger partial charge in [-0.05, 0) is 34.1 Å². The Morgan fingerprint density at radius 2 is 1.28 bits per heavy atom. The van der Waals surface area contributed by atoms with E-state index in [0.717, 1.165) is 67.5 Å². The molecule has 0 aliphatic rings. The molecular weight excluding hydrogens is 636 g/mol. The summed E-state index contributed by atoms with van der Waals surface area (Å²) in [6.07, 6.45) is -4.19. The smallest absolute Gasteiger partial charge is 0.389 e. The summed E-state index contributed by atoms with van der Waals surface area (Å²) in [6, 6.07) is 26.9. The molecule has 0 spiro atoms. The normalized spacial score (nSPS) is 12.3. The third-order valence-electron chi connectivity index (χ3n) is 8.14. The molecule has 0 atom stereocenters. The molecule has 236 valence electrons. The monoisotopic (exact) mass is 662 g/mol. The van der Waals surface area contributed by atoms with Gasteiger partial charge in [0.05, 0.1) is 16.0 Å². The standard InChI is InChI=1S/C36H26F6N3OS/c1-43-16-14-25(35(37,38)39)19-31(43)32-20-26(36(40,41)42)15-17-44(32)21-24-9-3-5-11-29(24)28-10-4-2-8-23(28)18-27-22-45-30-12-6-7-13-33(30)46-34(45)47-27/h2-17,19-20,22H,18,21H2,1H3/q+3. The Kier molecular flexibility index (Phi) is 7.59. The lowest BCUT2D eigenvalue weighted by Gasteiger charge is -2.14. The van der Waals surface area contributed by atoms with E-state index in [9.17, 15) is 26.3 Å². The van der Waals surface area contributed by atoms with Crippen LogP contribution in [0, 0.1) is 0 Å². The molecule has 0 saturated carbocycles. The van der Waals surface area contributed by atoms with Crippen molar-refractivity contribution in [2.75, 3.05) is 0 Å². The Bertz CT molecular complexity index is 2270. The van der Waals surface area contributed by atoms with E-state index in [1.165, 1.54) is 24.0 Å². The molecule has 0 unspecified atom stereocenters. The van der Waals surface area contributed by atoms with Crippen LogP contribution in [-0.4, -0.2) is 0 Å². The number of hydrogen-bond donors (Lipinski definition) is 0. The number of pyridine rings is 2. The summed E-state index contributed by atoms with van der Waals surface area (Å²) in [5, 5.41) is 0.771. The second-order valence-electron chi connectivity index (χ2n) is 11.2. The van der Waals surface area contributed by atoms with E-state index in [1.54, 1.807) is 15.9 Å². The second kappa shape index (κ2) is 11.6. The van der Waals surface area contributed by atoms with Crippen molar-refractivity contribution in [3.05, 3.63) is 143 Å². The molecule has 0 amide bonds. The molecule has 7 aromatic rings. The van der Waals surface area contributed by atoms with Crippen LogP contribution in [0.3, 0.4) is 0 Å². The maximum absolute atomic E-state index is 13.8. The van der Waals surface area contributed by atoms with Gasteiger partial charge in [0.1, 0.15) is 7.05 Å². The Balaban J connectivity index is 1.29. The molecular formula is C36H26F6N3OS+3. The molecule has 7 rings (SSSR count). The van der Waals surface area contributed by atoms with E-state index in [0.29, 0.717) is 6.42 Å². The zero-order chi connectivity index (χ0) is 32.9. The Hall–Kier alpha value is -5.03. The van der Waals surface area contributed by atoms with E-state index in [4.69, 9.17) is 4.42 Å². The van der Waals surface area contributed by atoms with Gasteiger partial charge in [-0.2, -0.15) is 35.5 Å². The molecule has 0 fully saturated rings. The summed E-state index contributed by atoms with van der Waals surface area (Å²) >= 11 is 1.55. The molecule has 0 radical (unpaired) electrons. The maximum Gasteiger partial charge on any atom is 0.442 e. The van der Waals surface area contributed by atoms with E-state index < -0.39 is 23.5 Å². The molecule has 0 aliphatic carbocycles. The van der Waals surface area contributed by atoms with Crippen LogP contribution in [0.25, 0.3) is 38.6 Å². The minimum Gasteiger partial charge on any atom is -0.389 e. The summed E-state index contributed by atoms with van der Waals surface area (Å²) in [4.78, 5) is 1.08. The highest BCUT2D eigenvalue weighted by molar-refractivity contribution is 7.16. The quantitative estimate of drug-likeness (QED) is 0.130. The van der Waals surface area contributed by atoms with Gasteiger partial charge in [0.15, 0.2) is 25.1 Å². The summed E-state index contributed by atoms with van der Waals surface area (Å²) in [5.41, 5.74) is 3.52. The van der Waals surface area contributed by atoms with Gasteiger partial charge in [0.25, 0.3) is 16.9 Å². The van der Waals surface area contributed by atoms with E-state index in [2.05, 4.69) is 6.20 Å². The van der Waals surface area contributed by atoms with Crippen molar-refractivity contribution in [2.24, 2.45) is 7.05 Å². The zero-order valence-electron chi connectivity index (χ0n) is 24.8. The molecule has 4 aromatic heterocycles. The molecule has 47 heavy (non-hydrogen) atoms. The number of oxazole rings is 1. The fraction of sp³-hybridized carbons (Fsp3) is 0.139. The highest BCUT2D eigenvalue weighted by Gasteiger charge is 2.37. The largest absolute Gasteiger partial charge is 0.442 e. The first-order valence-corrected chi connectivity index (χ1v) is 15.4. The van der Waals surface area contributed by atoms with Crippen LogP contribution in [0.4, 0.5) is 26.3 Å². The van der Waals surface area contributed by atoms with E-state index in [-0.39, 0.29) is 17.9 Å². The number of rotatable bonds is 6. The maximum atomic E-state index is 13.8. The number of benzene rings is 3. The predicted octanol–water partition coefficient (Wildman–Crippen LogP) is 8.36. The number of nitrogens with zero attached hydrogens (tertiary/aromatic N) is 3. The summed E-state index contributed by atoms with van der Waals surface area (Å²) < 4.78 is 93.6. The first-order valence-electron chi connectivity index (χ1n) is 14.6. The van der Waals surface area contributed by atoms with Gasteiger partial charge in [0.2, 0.25) is 5.58 Å². The van der Waals surface area contributed by atoms with Crippen LogP contribution in [0.2, 0.25) is 0 Å². The Morgan fingerprint density at radius 3 is 2.00 bits per heavy atom. The molecule has 11 heteroatoms. The molecule has 3 aromatic carbocycles. The average molecular weight is 663 g/mol. The van der Waals surface area contributed by atoms with Gasteiger partial charge < -0.3 is 4.42 Å². The summed E-state index contributed by atoms with van der Waals surface area (Å²) in [5.74, 6) is 0. The molecule has 0 N–H and O–H groups in total. The van der Waals surface area contributed by atoms with Crippen LogP contribution in [0.15, 0.2) is 120 Å². The fourth-order valence-corrected chi connectivity index (χ4v) is 6.83. The summed E-state index contributed by atoms with van der Waals surface area (Å²) in [7, 11) is 1.51. The van der Waals surface area contributed by atoms with Gasteiger partial charge >= 0.3 is 17.4 Å². The third-order valence-corrected chi connectivity index (χ3v) is 9.11. The van der Waals surface area contributed by atoms with Crippen molar-refractivity contribution in [2.45, 2.75) is 25.3 Å². The van der Waals surface area contributed by atoms with Crippen LogP contribution in [-0.2, 0) is 32.4 Å². The average Bonchev–Trinajstić information content (AvgIpc) is 3.58. The molecule has 0 saturated heterocycles. The van der Waals surface area contributed by atoms with Crippen LogP contribution >= 0.6 is 11.3 Å².